The topological polar surface area (TPSA) is 115 Å². The van der Waals surface area contributed by atoms with E-state index in [4.69, 9.17) is 15.2 Å². The van der Waals surface area contributed by atoms with Crippen LogP contribution < -0.4 is 26.0 Å². The number of thiophene rings is 1. The molecule has 0 aliphatic carbocycles. The summed E-state index contributed by atoms with van der Waals surface area (Å²) in [5, 5.41) is 6.62. The van der Waals surface area contributed by atoms with Crippen molar-refractivity contribution in [3.8, 4) is 5.75 Å². The Hall–Kier alpha value is -2.95. The second-order valence-corrected chi connectivity index (χ2v) is 9.94. The van der Waals surface area contributed by atoms with Gasteiger partial charge in [-0.1, -0.05) is 6.07 Å². The fourth-order valence-corrected chi connectivity index (χ4v) is 5.81. The molecule has 172 valence electrons. The van der Waals surface area contributed by atoms with E-state index in [0.717, 1.165) is 49.0 Å². The molecule has 33 heavy (non-hydrogen) atoms. The van der Waals surface area contributed by atoms with Crippen LogP contribution in [0, 0.1) is 6.92 Å². The number of aryl methyl sites for hydroxylation is 1. The maximum atomic E-state index is 13.0. The van der Waals surface area contributed by atoms with Crippen LogP contribution in [0.2, 0.25) is 0 Å². The number of ether oxygens (including phenoxy) is 2. The Morgan fingerprint density at radius 3 is 3.15 bits per heavy atom. The first-order chi connectivity index (χ1) is 16.0. The molecule has 0 spiro atoms. The Morgan fingerprint density at radius 2 is 2.24 bits per heavy atom. The molecule has 6 heterocycles. The van der Waals surface area contributed by atoms with E-state index in [1.807, 2.05) is 6.92 Å². The van der Waals surface area contributed by atoms with Gasteiger partial charge >= 0.3 is 0 Å². The highest BCUT2D eigenvalue weighted by Gasteiger charge is 2.33. The van der Waals surface area contributed by atoms with Gasteiger partial charge in [-0.2, -0.15) is 0 Å². The molecule has 4 aliphatic heterocycles. The van der Waals surface area contributed by atoms with Crippen molar-refractivity contribution in [1.82, 2.24) is 20.6 Å². The summed E-state index contributed by atoms with van der Waals surface area (Å²) in [5.74, 6) is 0.675. The van der Waals surface area contributed by atoms with Gasteiger partial charge in [-0.3, -0.25) is 4.79 Å². The molecule has 3 fully saturated rings. The van der Waals surface area contributed by atoms with Crippen LogP contribution in [0.25, 0.3) is 10.3 Å². The number of rotatable bonds is 3. The fraction of sp³-hybridized carbons (Fsp3) is 0.435. The number of hydrogen-bond acceptors (Lipinski definition) is 9. The number of amides is 1. The lowest BCUT2D eigenvalue weighted by atomic mass is 10.0. The Labute approximate surface area is 195 Å². The van der Waals surface area contributed by atoms with Gasteiger partial charge in [-0.25, -0.2) is 9.97 Å². The molecule has 9 nitrogen and oxygen atoms in total. The van der Waals surface area contributed by atoms with E-state index in [1.165, 1.54) is 11.3 Å². The zero-order chi connectivity index (χ0) is 22.5. The number of nitrogens with zero attached hydrogens (tertiary/aromatic N) is 3. The number of benzene rings is 1. The quantitative estimate of drug-likeness (QED) is 0.532. The number of fused-ring (bicyclic) bond motifs is 6. The molecular formula is C23H26N6O3S. The monoisotopic (exact) mass is 466 g/mol. The SMILES string of the molecule is Cc1cnc2c(N)c(C(=O)N[C@H]3COc4cc(N5CC6COCC5CN6)ccc4C3)sc2n1. The number of nitrogens with two attached hydrogens (primary N) is 1. The molecule has 4 N–H and O–H groups in total. The number of piperazine rings is 1. The lowest BCUT2D eigenvalue weighted by Crippen LogP contribution is -2.56. The minimum absolute atomic E-state index is 0.130. The predicted octanol–water partition coefficient (Wildman–Crippen LogP) is 1.49. The van der Waals surface area contributed by atoms with Crippen molar-refractivity contribution in [2.24, 2.45) is 0 Å². The van der Waals surface area contributed by atoms with Crippen LogP contribution in [0.3, 0.4) is 0 Å². The average Bonchev–Trinajstić information content (AvgIpc) is 2.98. The lowest BCUT2D eigenvalue weighted by Gasteiger charge is -2.38. The molecule has 1 aromatic carbocycles. The largest absolute Gasteiger partial charge is 0.491 e. The number of carbonyl (C=O) groups excluding carboxylic acids is 1. The Bertz CT molecular complexity index is 1230. The van der Waals surface area contributed by atoms with Gasteiger partial charge < -0.3 is 30.7 Å². The molecule has 3 saturated heterocycles. The third kappa shape index (κ3) is 3.77. The van der Waals surface area contributed by atoms with Crippen molar-refractivity contribution in [2.75, 3.05) is 43.5 Å². The van der Waals surface area contributed by atoms with Crippen molar-refractivity contribution in [3.05, 3.63) is 40.5 Å². The number of carbonyl (C=O) groups is 1. The van der Waals surface area contributed by atoms with E-state index in [0.29, 0.717) is 46.0 Å². The van der Waals surface area contributed by atoms with Crippen LogP contribution in [0.4, 0.5) is 11.4 Å². The summed E-state index contributed by atoms with van der Waals surface area (Å²) in [6.07, 6.45) is 2.37. The van der Waals surface area contributed by atoms with Gasteiger partial charge in [0.25, 0.3) is 5.91 Å². The first-order valence-corrected chi connectivity index (χ1v) is 12.0. The standard InChI is InChI=1S/C23H26N6O3S/c1-12-6-26-20-19(24)21(33-23(20)27-12)22(30)28-14-4-13-2-3-16(5-18(13)32-10-14)29-8-15-9-31-11-17(29)7-25-15/h2-3,5-6,14-15,17,25H,4,7-11,24H2,1H3,(H,28,30)/t14-,15?,17?/m1/s1. The summed E-state index contributed by atoms with van der Waals surface area (Å²) in [6.45, 7) is 5.64. The highest BCUT2D eigenvalue weighted by Crippen LogP contribution is 2.33. The summed E-state index contributed by atoms with van der Waals surface area (Å²) < 4.78 is 11.9. The van der Waals surface area contributed by atoms with Gasteiger partial charge in [-0.05, 0) is 25.0 Å². The summed E-state index contributed by atoms with van der Waals surface area (Å²) in [5.41, 5.74) is 10.2. The highest BCUT2D eigenvalue weighted by atomic mass is 32.1. The van der Waals surface area contributed by atoms with Crippen molar-refractivity contribution in [2.45, 2.75) is 31.5 Å². The second kappa shape index (κ2) is 8.12. The summed E-state index contributed by atoms with van der Waals surface area (Å²) in [6, 6.07) is 6.94. The van der Waals surface area contributed by atoms with Crippen LogP contribution in [0.5, 0.6) is 5.75 Å². The third-order valence-electron chi connectivity index (χ3n) is 6.52. The molecule has 3 atom stereocenters. The van der Waals surface area contributed by atoms with E-state index >= 15 is 0 Å². The molecule has 1 amide bonds. The Kier molecular flexibility index (Phi) is 5.08. The zero-order valence-corrected chi connectivity index (χ0v) is 19.2. The number of nitrogens with one attached hydrogen (secondary N) is 2. The van der Waals surface area contributed by atoms with Crippen molar-refractivity contribution >= 4 is 39.0 Å². The molecule has 2 unspecified atom stereocenters. The van der Waals surface area contributed by atoms with Gasteiger partial charge in [0.1, 0.15) is 27.6 Å². The molecule has 4 aliphatic rings. The second-order valence-electron chi connectivity index (χ2n) is 8.94. The van der Waals surface area contributed by atoms with Crippen molar-refractivity contribution in [1.29, 1.82) is 0 Å². The van der Waals surface area contributed by atoms with Crippen LogP contribution in [0.1, 0.15) is 20.9 Å². The number of aromatic nitrogens is 2. The summed E-state index contributed by atoms with van der Waals surface area (Å²) in [7, 11) is 0. The zero-order valence-electron chi connectivity index (χ0n) is 18.3. The van der Waals surface area contributed by atoms with Crippen molar-refractivity contribution < 1.29 is 14.3 Å². The van der Waals surface area contributed by atoms with Gasteiger partial charge in [0, 0.05) is 37.1 Å². The molecular weight excluding hydrogens is 440 g/mol. The van der Waals surface area contributed by atoms with Gasteiger partial charge in [0.05, 0.1) is 36.7 Å². The van der Waals surface area contributed by atoms with Crippen LogP contribution >= 0.6 is 11.3 Å². The van der Waals surface area contributed by atoms with Crippen LogP contribution in [-0.2, 0) is 11.2 Å². The van der Waals surface area contributed by atoms with Gasteiger partial charge in [0.2, 0.25) is 0 Å². The molecule has 2 bridgehead atoms. The van der Waals surface area contributed by atoms with E-state index in [2.05, 4.69) is 43.7 Å². The molecule has 2 aromatic heterocycles. The number of hydrogen-bond donors (Lipinski definition) is 3. The van der Waals surface area contributed by atoms with E-state index in [-0.39, 0.29) is 11.9 Å². The van der Waals surface area contributed by atoms with Gasteiger partial charge in [0.15, 0.2) is 0 Å². The van der Waals surface area contributed by atoms with Crippen LogP contribution in [-0.4, -0.2) is 66.9 Å². The molecule has 0 radical (unpaired) electrons. The summed E-state index contributed by atoms with van der Waals surface area (Å²) in [4.78, 5) is 25.3. The highest BCUT2D eigenvalue weighted by molar-refractivity contribution is 7.21. The minimum atomic E-state index is -0.211. The first-order valence-electron chi connectivity index (χ1n) is 11.2. The Morgan fingerprint density at radius 1 is 1.33 bits per heavy atom. The smallest absolute Gasteiger partial charge is 0.263 e. The van der Waals surface area contributed by atoms with E-state index in [9.17, 15) is 4.79 Å². The van der Waals surface area contributed by atoms with E-state index < -0.39 is 0 Å². The lowest BCUT2D eigenvalue weighted by molar-refractivity contribution is 0.0920. The van der Waals surface area contributed by atoms with Crippen molar-refractivity contribution in [3.63, 3.8) is 0 Å². The maximum Gasteiger partial charge on any atom is 0.263 e. The number of anilines is 2. The molecule has 10 heteroatoms. The fourth-order valence-electron chi connectivity index (χ4n) is 4.81. The first kappa shape index (κ1) is 20.6. The van der Waals surface area contributed by atoms with Gasteiger partial charge in [-0.15, -0.1) is 11.3 Å². The maximum absolute atomic E-state index is 13.0. The average molecular weight is 467 g/mol. The predicted molar refractivity (Wildman–Crippen MR) is 127 cm³/mol. The summed E-state index contributed by atoms with van der Waals surface area (Å²) >= 11 is 1.27. The minimum Gasteiger partial charge on any atom is -0.491 e. The molecule has 0 saturated carbocycles. The Balaban J connectivity index is 1.17. The number of nitrogen functional groups attached to an aromatic ring is 1. The molecule has 7 rings (SSSR count). The van der Waals surface area contributed by atoms with E-state index in [1.54, 1.807) is 6.20 Å². The van der Waals surface area contributed by atoms with Crippen LogP contribution in [0.15, 0.2) is 24.4 Å². The third-order valence-corrected chi connectivity index (χ3v) is 7.61. The normalized spacial score (nSPS) is 24.3. The molecule has 3 aromatic rings.